The van der Waals surface area contributed by atoms with Gasteiger partial charge in [-0.3, -0.25) is 14.8 Å². The lowest BCUT2D eigenvalue weighted by Crippen LogP contribution is -2.23. The fourth-order valence-electron chi connectivity index (χ4n) is 2.88. The highest BCUT2D eigenvalue weighted by atomic mass is 19.1. The van der Waals surface area contributed by atoms with Crippen LogP contribution in [0.5, 0.6) is 0 Å². The summed E-state index contributed by atoms with van der Waals surface area (Å²) in [5.74, 6) is -0.558. The third kappa shape index (κ3) is 3.96. The van der Waals surface area contributed by atoms with Gasteiger partial charge in [-0.25, -0.2) is 4.39 Å². The Labute approximate surface area is 161 Å². The van der Waals surface area contributed by atoms with E-state index in [9.17, 15) is 9.18 Å². The molecule has 6 heteroatoms. The van der Waals surface area contributed by atoms with Crippen molar-refractivity contribution in [3.05, 3.63) is 96.2 Å². The van der Waals surface area contributed by atoms with E-state index in [1.165, 1.54) is 18.3 Å². The maximum atomic E-state index is 13.0. The smallest absolute Gasteiger partial charge is 0.253 e. The number of carbonyl (C=O) groups excluding carboxylic acids is 1. The molecule has 0 spiro atoms. The summed E-state index contributed by atoms with van der Waals surface area (Å²) in [5, 5.41) is 7.11. The molecule has 4 aromatic rings. The van der Waals surface area contributed by atoms with Crippen molar-refractivity contribution >= 4 is 28.2 Å². The summed E-state index contributed by atoms with van der Waals surface area (Å²) < 4.78 is 13.0. The fourth-order valence-corrected chi connectivity index (χ4v) is 2.88. The molecule has 1 amide bonds. The monoisotopic (exact) mass is 372 g/mol. The van der Waals surface area contributed by atoms with Gasteiger partial charge in [-0.1, -0.05) is 30.3 Å². The van der Waals surface area contributed by atoms with Gasteiger partial charge in [0.25, 0.3) is 5.91 Å². The van der Waals surface area contributed by atoms with E-state index in [0.29, 0.717) is 17.8 Å². The van der Waals surface area contributed by atoms with E-state index in [0.717, 1.165) is 22.2 Å². The highest BCUT2D eigenvalue weighted by molar-refractivity contribution is 5.96. The van der Waals surface area contributed by atoms with Gasteiger partial charge in [-0.05, 0) is 35.9 Å². The molecule has 0 aliphatic heterocycles. The second-order valence-corrected chi connectivity index (χ2v) is 6.28. The van der Waals surface area contributed by atoms with E-state index in [-0.39, 0.29) is 11.7 Å². The number of fused-ring (bicyclic) bond motifs is 1. The molecule has 0 saturated carbocycles. The summed E-state index contributed by atoms with van der Waals surface area (Å²) in [5.41, 5.74) is 3.62. The van der Waals surface area contributed by atoms with E-state index in [1.54, 1.807) is 30.6 Å². The van der Waals surface area contributed by atoms with Gasteiger partial charge in [0.15, 0.2) is 0 Å². The van der Waals surface area contributed by atoms with E-state index in [1.807, 2.05) is 30.3 Å². The lowest BCUT2D eigenvalue weighted by molar-refractivity contribution is 0.0950. The van der Waals surface area contributed by atoms with Crippen LogP contribution in [-0.4, -0.2) is 15.9 Å². The molecule has 28 heavy (non-hydrogen) atoms. The molecule has 0 unspecified atom stereocenters. The number of nitrogens with zero attached hydrogens (tertiary/aromatic N) is 2. The molecule has 5 nitrogen and oxygen atoms in total. The number of hydrogen-bond donors (Lipinski definition) is 2. The quantitative estimate of drug-likeness (QED) is 0.543. The molecule has 0 atom stereocenters. The molecular formula is C22H17FN4O. The molecule has 2 aromatic carbocycles. The van der Waals surface area contributed by atoms with Crippen molar-refractivity contribution in [1.29, 1.82) is 0 Å². The predicted molar refractivity (Wildman–Crippen MR) is 107 cm³/mol. The Bertz CT molecular complexity index is 1120. The average molecular weight is 372 g/mol. The van der Waals surface area contributed by atoms with Crippen molar-refractivity contribution in [3.8, 4) is 0 Å². The molecule has 0 bridgehead atoms. The van der Waals surface area contributed by atoms with Crippen molar-refractivity contribution in [3.63, 3.8) is 0 Å². The minimum atomic E-state index is -0.305. The van der Waals surface area contributed by atoms with Gasteiger partial charge >= 0.3 is 0 Å². The summed E-state index contributed by atoms with van der Waals surface area (Å²) in [6, 6.07) is 17.5. The molecule has 2 aromatic heterocycles. The number of hydrogen-bond acceptors (Lipinski definition) is 4. The van der Waals surface area contributed by atoms with Gasteiger partial charge in [0.2, 0.25) is 0 Å². The van der Waals surface area contributed by atoms with E-state index in [4.69, 9.17) is 0 Å². The van der Waals surface area contributed by atoms with Crippen LogP contribution < -0.4 is 10.6 Å². The largest absolute Gasteiger partial charge is 0.352 e. The first-order valence-corrected chi connectivity index (χ1v) is 8.77. The first-order valence-electron chi connectivity index (χ1n) is 8.77. The molecule has 0 aliphatic rings. The summed E-state index contributed by atoms with van der Waals surface area (Å²) in [6.07, 6.45) is 4.90. The van der Waals surface area contributed by atoms with Gasteiger partial charge in [-0.2, -0.15) is 0 Å². The molecule has 2 N–H and O–H groups in total. The van der Waals surface area contributed by atoms with Crippen molar-refractivity contribution in [1.82, 2.24) is 15.3 Å². The predicted octanol–water partition coefficient (Wildman–Crippen LogP) is 4.44. The number of anilines is 2. The highest BCUT2D eigenvalue weighted by Gasteiger charge is 2.08. The lowest BCUT2D eigenvalue weighted by Gasteiger charge is -2.10. The topological polar surface area (TPSA) is 66.9 Å². The van der Waals surface area contributed by atoms with Crippen molar-refractivity contribution in [2.45, 2.75) is 6.54 Å². The molecule has 0 radical (unpaired) electrons. The van der Waals surface area contributed by atoms with Gasteiger partial charge < -0.3 is 10.6 Å². The third-order valence-electron chi connectivity index (χ3n) is 4.28. The zero-order valence-corrected chi connectivity index (χ0v) is 14.9. The van der Waals surface area contributed by atoms with Crippen LogP contribution in [0.25, 0.3) is 10.9 Å². The lowest BCUT2D eigenvalue weighted by atomic mass is 10.2. The fraction of sp³-hybridized carbons (Fsp3) is 0.0455. The minimum Gasteiger partial charge on any atom is -0.352 e. The molecule has 138 valence electrons. The van der Waals surface area contributed by atoms with Gasteiger partial charge in [-0.15, -0.1) is 0 Å². The number of amides is 1. The second-order valence-electron chi connectivity index (χ2n) is 6.28. The maximum absolute atomic E-state index is 13.0. The van der Waals surface area contributed by atoms with Crippen LogP contribution in [-0.2, 0) is 6.54 Å². The first kappa shape index (κ1) is 17.6. The Morgan fingerprint density at radius 1 is 1.00 bits per heavy atom. The number of pyridine rings is 2. The molecular weight excluding hydrogens is 355 g/mol. The molecule has 0 saturated heterocycles. The number of carbonyl (C=O) groups is 1. The van der Waals surface area contributed by atoms with Gasteiger partial charge in [0.1, 0.15) is 5.82 Å². The number of para-hydroxylation sites is 1. The van der Waals surface area contributed by atoms with Crippen molar-refractivity contribution in [2.24, 2.45) is 0 Å². The van der Waals surface area contributed by atoms with Crippen LogP contribution in [0.15, 0.2) is 79.3 Å². The summed E-state index contributed by atoms with van der Waals surface area (Å²) in [6.45, 7) is 0.310. The van der Waals surface area contributed by atoms with E-state index >= 15 is 0 Å². The molecule has 0 fully saturated rings. The van der Waals surface area contributed by atoms with Gasteiger partial charge in [0.05, 0.1) is 28.7 Å². The second kappa shape index (κ2) is 7.84. The third-order valence-corrected chi connectivity index (χ3v) is 4.28. The SMILES string of the molecule is O=C(NCc1ccc(F)cc1)c1cncc(Nc2cccc3cccnc23)c1. The number of benzene rings is 2. The van der Waals surface area contributed by atoms with Crippen LogP contribution in [0.2, 0.25) is 0 Å². The molecule has 4 rings (SSSR count). The number of rotatable bonds is 5. The standard InChI is InChI=1S/C22H17FN4O/c23-18-8-6-15(7-9-18)12-26-22(28)17-11-19(14-24-13-17)27-20-5-1-3-16-4-2-10-25-21(16)20/h1-11,13-14,27H,12H2,(H,26,28). The van der Waals surface area contributed by atoms with Crippen LogP contribution in [0.4, 0.5) is 15.8 Å². The first-order chi connectivity index (χ1) is 13.7. The van der Waals surface area contributed by atoms with E-state index < -0.39 is 0 Å². The summed E-state index contributed by atoms with van der Waals surface area (Å²) >= 11 is 0. The Balaban J connectivity index is 1.49. The summed E-state index contributed by atoms with van der Waals surface area (Å²) in [4.78, 5) is 21.0. The highest BCUT2D eigenvalue weighted by Crippen LogP contribution is 2.24. The van der Waals surface area contributed by atoms with Crippen LogP contribution in [0.3, 0.4) is 0 Å². The van der Waals surface area contributed by atoms with Crippen molar-refractivity contribution < 1.29 is 9.18 Å². The summed E-state index contributed by atoms with van der Waals surface area (Å²) in [7, 11) is 0. The van der Waals surface area contributed by atoms with E-state index in [2.05, 4.69) is 20.6 Å². The van der Waals surface area contributed by atoms with Gasteiger partial charge in [0, 0.05) is 24.3 Å². The van der Waals surface area contributed by atoms with Crippen LogP contribution in [0, 0.1) is 5.82 Å². The van der Waals surface area contributed by atoms with Crippen LogP contribution in [0.1, 0.15) is 15.9 Å². The molecule has 2 heterocycles. The Morgan fingerprint density at radius 2 is 1.82 bits per heavy atom. The maximum Gasteiger partial charge on any atom is 0.253 e. The Hall–Kier alpha value is -3.80. The normalized spacial score (nSPS) is 10.6. The zero-order valence-electron chi connectivity index (χ0n) is 14.9. The number of aromatic nitrogens is 2. The average Bonchev–Trinajstić information content (AvgIpc) is 2.74. The van der Waals surface area contributed by atoms with Crippen molar-refractivity contribution in [2.75, 3.05) is 5.32 Å². The zero-order chi connectivity index (χ0) is 19.3. The Morgan fingerprint density at radius 3 is 2.68 bits per heavy atom. The number of nitrogens with one attached hydrogen (secondary N) is 2. The minimum absolute atomic E-state index is 0.253. The number of halogens is 1. The Kier molecular flexibility index (Phi) is 4.93. The van der Waals surface area contributed by atoms with Crippen LogP contribution >= 0.6 is 0 Å². The molecule has 0 aliphatic carbocycles.